The molecule has 0 aliphatic carbocycles. The van der Waals surface area contributed by atoms with Crippen molar-refractivity contribution in [3.63, 3.8) is 0 Å². The van der Waals surface area contributed by atoms with E-state index in [0.717, 1.165) is 0 Å². The summed E-state index contributed by atoms with van der Waals surface area (Å²) in [5.41, 5.74) is 2.17. The second-order valence-electron chi connectivity index (χ2n) is 5.77. The van der Waals surface area contributed by atoms with Gasteiger partial charge in [-0.2, -0.15) is 0 Å². The Labute approximate surface area is 147 Å². The third-order valence-electron chi connectivity index (χ3n) is 4.12. The van der Waals surface area contributed by atoms with Crippen molar-refractivity contribution in [2.24, 2.45) is 10.9 Å². The number of benzene rings is 1. The number of allylic oxidation sites excluding steroid dienone is 1. The zero-order chi connectivity index (χ0) is 18.6. The molecule has 1 aromatic rings. The number of ether oxygens (including phenoxy) is 2. The molecule has 0 spiro atoms. The molecular formula is C19H23NO5. The predicted molar refractivity (Wildman–Crippen MR) is 93.4 cm³/mol. The summed E-state index contributed by atoms with van der Waals surface area (Å²) in [4.78, 5) is 29.5. The van der Waals surface area contributed by atoms with Gasteiger partial charge in [0.2, 0.25) is 0 Å². The number of carbonyl (C=O) groups is 2. The van der Waals surface area contributed by atoms with E-state index in [1.54, 1.807) is 39.8 Å². The topological polar surface area (TPSA) is 85.2 Å². The van der Waals surface area contributed by atoms with Crippen molar-refractivity contribution in [1.82, 2.24) is 0 Å². The molecule has 0 fully saturated rings. The molecule has 1 heterocycles. The predicted octanol–water partition coefficient (Wildman–Crippen LogP) is 2.97. The molecule has 0 amide bonds. The Morgan fingerprint density at radius 3 is 2.24 bits per heavy atom. The van der Waals surface area contributed by atoms with Gasteiger partial charge in [-0.25, -0.2) is 4.79 Å². The zero-order valence-electron chi connectivity index (χ0n) is 14.9. The van der Waals surface area contributed by atoms with Crippen LogP contribution in [0.3, 0.4) is 0 Å². The number of phenols is 1. The normalized spacial score (nSPS) is 20.1. The van der Waals surface area contributed by atoms with Crippen molar-refractivity contribution in [3.8, 4) is 5.75 Å². The van der Waals surface area contributed by atoms with Gasteiger partial charge in [0.05, 0.1) is 18.8 Å². The summed E-state index contributed by atoms with van der Waals surface area (Å²) in [6.07, 6.45) is 0. The maximum Gasteiger partial charge on any atom is 0.336 e. The lowest BCUT2D eigenvalue weighted by Gasteiger charge is -2.31. The number of hydrogen-bond acceptors (Lipinski definition) is 6. The number of aliphatic imine (C=N–C) groups is 1. The first-order chi connectivity index (χ1) is 11.9. The van der Waals surface area contributed by atoms with Crippen LogP contribution in [0.25, 0.3) is 0 Å². The largest absolute Gasteiger partial charge is 0.508 e. The summed E-state index contributed by atoms with van der Waals surface area (Å²) in [6.45, 7) is 7.40. The van der Waals surface area contributed by atoms with Gasteiger partial charge in [-0.15, -0.1) is 0 Å². The summed E-state index contributed by atoms with van der Waals surface area (Å²) in [5, 5.41) is 9.56. The van der Waals surface area contributed by atoms with E-state index in [9.17, 15) is 14.7 Å². The summed E-state index contributed by atoms with van der Waals surface area (Å²) in [7, 11) is 0. The van der Waals surface area contributed by atoms with E-state index in [1.165, 1.54) is 12.1 Å². The maximum atomic E-state index is 12.6. The van der Waals surface area contributed by atoms with Crippen LogP contribution in [0.4, 0.5) is 0 Å². The van der Waals surface area contributed by atoms with Gasteiger partial charge < -0.3 is 14.6 Å². The first-order valence-corrected chi connectivity index (χ1v) is 8.29. The number of carbonyl (C=O) groups excluding carboxylic acids is 2. The number of esters is 2. The van der Waals surface area contributed by atoms with E-state index in [-0.39, 0.29) is 19.0 Å². The number of phenolic OH excluding ortho intramolecular Hbond substituents is 1. The van der Waals surface area contributed by atoms with E-state index in [2.05, 4.69) is 4.99 Å². The van der Waals surface area contributed by atoms with Crippen LogP contribution >= 0.6 is 0 Å². The monoisotopic (exact) mass is 345 g/mol. The molecule has 0 aromatic heterocycles. The molecule has 0 bridgehead atoms. The SMILES string of the molecule is CCOC(=O)C1=C(C)N=C(C)C(C(=O)OCC)[C@H]1c1ccc(O)cc1. The zero-order valence-corrected chi connectivity index (χ0v) is 14.9. The fraction of sp³-hybridized carbons (Fsp3) is 0.421. The van der Waals surface area contributed by atoms with Gasteiger partial charge in [-0.1, -0.05) is 12.1 Å². The van der Waals surface area contributed by atoms with Gasteiger partial charge >= 0.3 is 11.9 Å². The third-order valence-corrected chi connectivity index (χ3v) is 4.12. The van der Waals surface area contributed by atoms with Crippen LogP contribution < -0.4 is 0 Å². The fourth-order valence-corrected chi connectivity index (χ4v) is 3.09. The second-order valence-corrected chi connectivity index (χ2v) is 5.77. The van der Waals surface area contributed by atoms with E-state index in [0.29, 0.717) is 22.5 Å². The van der Waals surface area contributed by atoms with Crippen LogP contribution in [-0.2, 0) is 19.1 Å². The van der Waals surface area contributed by atoms with Crippen LogP contribution in [0.5, 0.6) is 5.75 Å². The smallest absolute Gasteiger partial charge is 0.336 e. The molecular weight excluding hydrogens is 322 g/mol. The molecule has 1 N–H and O–H groups in total. The minimum Gasteiger partial charge on any atom is -0.508 e. The molecule has 1 aromatic carbocycles. The average molecular weight is 345 g/mol. The minimum atomic E-state index is -0.715. The lowest BCUT2D eigenvalue weighted by atomic mass is 9.75. The summed E-state index contributed by atoms with van der Waals surface area (Å²) in [5.74, 6) is -2.11. The number of aromatic hydroxyl groups is 1. The van der Waals surface area contributed by atoms with Crippen LogP contribution in [0.2, 0.25) is 0 Å². The van der Waals surface area contributed by atoms with Gasteiger partial charge in [0.1, 0.15) is 11.7 Å². The van der Waals surface area contributed by atoms with E-state index >= 15 is 0 Å². The lowest BCUT2D eigenvalue weighted by Crippen LogP contribution is -2.36. The standard InChI is InChI=1S/C19H23NO5/c1-5-24-18(22)15-11(3)20-12(4)16(19(23)25-6-2)17(15)13-7-9-14(21)10-8-13/h7-10,15,17,21H,5-6H2,1-4H3/t15?,17-/m1/s1. The van der Waals surface area contributed by atoms with E-state index in [4.69, 9.17) is 9.47 Å². The highest BCUT2D eigenvalue weighted by atomic mass is 16.5. The van der Waals surface area contributed by atoms with Gasteiger partial charge in [0.25, 0.3) is 0 Å². The van der Waals surface area contributed by atoms with Crippen molar-refractivity contribution in [2.45, 2.75) is 33.6 Å². The molecule has 1 unspecified atom stereocenters. The van der Waals surface area contributed by atoms with Crippen molar-refractivity contribution in [2.75, 3.05) is 13.2 Å². The molecule has 0 saturated heterocycles. The van der Waals surface area contributed by atoms with Crippen molar-refractivity contribution in [1.29, 1.82) is 0 Å². The van der Waals surface area contributed by atoms with Crippen LogP contribution in [0, 0.1) is 5.92 Å². The Morgan fingerprint density at radius 2 is 1.68 bits per heavy atom. The van der Waals surface area contributed by atoms with Crippen molar-refractivity contribution in [3.05, 3.63) is 41.1 Å². The van der Waals surface area contributed by atoms with Crippen LogP contribution in [-0.4, -0.2) is 36.0 Å². The molecule has 2 atom stereocenters. The Morgan fingerprint density at radius 1 is 1.08 bits per heavy atom. The number of nitrogens with zero attached hydrogens (tertiary/aromatic N) is 1. The molecule has 2 rings (SSSR count). The van der Waals surface area contributed by atoms with Gasteiger partial charge in [0.15, 0.2) is 0 Å². The number of hydrogen-bond donors (Lipinski definition) is 1. The highest BCUT2D eigenvalue weighted by Crippen LogP contribution is 2.40. The highest BCUT2D eigenvalue weighted by Gasteiger charge is 2.42. The first-order valence-electron chi connectivity index (χ1n) is 8.29. The average Bonchev–Trinajstić information content (AvgIpc) is 2.55. The third kappa shape index (κ3) is 3.90. The Kier molecular flexibility index (Phi) is 5.96. The number of rotatable bonds is 5. The molecule has 6 nitrogen and oxygen atoms in total. The Balaban J connectivity index is 2.60. The van der Waals surface area contributed by atoms with Crippen molar-refractivity contribution >= 4 is 17.7 Å². The van der Waals surface area contributed by atoms with Gasteiger partial charge in [-0.3, -0.25) is 9.79 Å². The molecule has 134 valence electrons. The lowest BCUT2D eigenvalue weighted by molar-refractivity contribution is -0.146. The molecule has 0 saturated carbocycles. The van der Waals surface area contributed by atoms with E-state index in [1.807, 2.05) is 0 Å². The van der Waals surface area contributed by atoms with E-state index < -0.39 is 23.8 Å². The van der Waals surface area contributed by atoms with Crippen LogP contribution in [0.15, 0.2) is 40.5 Å². The molecule has 1 aliphatic rings. The van der Waals surface area contributed by atoms with Gasteiger partial charge in [-0.05, 0) is 45.4 Å². The van der Waals surface area contributed by atoms with Crippen LogP contribution in [0.1, 0.15) is 39.2 Å². The maximum absolute atomic E-state index is 12.6. The fourth-order valence-electron chi connectivity index (χ4n) is 3.09. The Hall–Kier alpha value is -2.63. The summed E-state index contributed by atoms with van der Waals surface area (Å²) >= 11 is 0. The molecule has 6 heteroatoms. The quantitative estimate of drug-likeness (QED) is 0.829. The van der Waals surface area contributed by atoms with Gasteiger partial charge in [0, 0.05) is 17.3 Å². The Bertz CT molecular complexity index is 718. The molecule has 1 aliphatic heterocycles. The molecule has 25 heavy (non-hydrogen) atoms. The highest BCUT2D eigenvalue weighted by molar-refractivity contribution is 6.07. The molecule has 0 radical (unpaired) electrons. The first kappa shape index (κ1) is 18.7. The minimum absolute atomic E-state index is 0.107. The summed E-state index contributed by atoms with van der Waals surface area (Å²) in [6, 6.07) is 6.43. The second kappa shape index (κ2) is 7.96. The summed E-state index contributed by atoms with van der Waals surface area (Å²) < 4.78 is 10.4. The van der Waals surface area contributed by atoms with Crippen molar-refractivity contribution < 1.29 is 24.2 Å².